The van der Waals surface area contributed by atoms with Gasteiger partial charge in [-0.25, -0.2) is 14.4 Å². The predicted octanol–water partition coefficient (Wildman–Crippen LogP) is 2.59. The van der Waals surface area contributed by atoms with Gasteiger partial charge in [0.05, 0.1) is 11.0 Å². The number of aromatic hydroxyl groups is 1. The van der Waals surface area contributed by atoms with Crippen LogP contribution in [0.4, 0.5) is 4.79 Å². The molecule has 5 rings (SSSR count). The molecular formula is C34H47N3O10. The number of rotatable bonds is 9. The second-order valence-corrected chi connectivity index (χ2v) is 14.7. The fourth-order valence-corrected chi connectivity index (χ4v) is 7.49. The zero-order chi connectivity index (χ0) is 34.6. The minimum absolute atomic E-state index is 0.0450. The van der Waals surface area contributed by atoms with Gasteiger partial charge in [0.15, 0.2) is 23.7 Å². The van der Waals surface area contributed by atoms with Crippen molar-refractivity contribution in [2.75, 3.05) is 13.6 Å². The van der Waals surface area contributed by atoms with Crippen molar-refractivity contribution in [3.63, 3.8) is 0 Å². The van der Waals surface area contributed by atoms with Crippen LogP contribution in [0, 0.1) is 5.92 Å². The molecule has 2 aliphatic carbocycles. The van der Waals surface area contributed by atoms with Gasteiger partial charge in [-0.2, -0.15) is 0 Å². The lowest BCUT2D eigenvalue weighted by molar-refractivity contribution is -0.176. The van der Waals surface area contributed by atoms with Crippen LogP contribution in [0.15, 0.2) is 24.0 Å². The molecule has 1 spiro atoms. The fourth-order valence-electron chi connectivity index (χ4n) is 7.49. The van der Waals surface area contributed by atoms with Gasteiger partial charge in [0, 0.05) is 18.0 Å². The topological polar surface area (TPSA) is 173 Å². The van der Waals surface area contributed by atoms with Crippen molar-refractivity contribution in [2.45, 2.75) is 121 Å². The van der Waals surface area contributed by atoms with Crippen molar-refractivity contribution in [1.82, 2.24) is 15.5 Å². The van der Waals surface area contributed by atoms with Crippen LogP contribution < -0.4 is 15.4 Å². The maximum atomic E-state index is 13.3. The Labute approximate surface area is 274 Å². The summed E-state index contributed by atoms with van der Waals surface area (Å²) in [6, 6.07) is 1.13. The molecule has 2 heterocycles. The number of phenols is 1. The summed E-state index contributed by atoms with van der Waals surface area (Å²) in [6.07, 6.45) is 0.261. The molecule has 0 aromatic heterocycles. The number of likely N-dealkylation sites (N-methyl/N-ethyl adjacent to an activating group) is 1. The van der Waals surface area contributed by atoms with Gasteiger partial charge in [0.2, 0.25) is 5.91 Å². The van der Waals surface area contributed by atoms with E-state index < -0.39 is 64.8 Å². The predicted molar refractivity (Wildman–Crippen MR) is 168 cm³/mol. The third-order valence-corrected chi connectivity index (χ3v) is 9.62. The molecular weight excluding hydrogens is 610 g/mol. The molecule has 1 fully saturated rings. The van der Waals surface area contributed by atoms with Crippen molar-refractivity contribution in [1.29, 1.82) is 0 Å². The van der Waals surface area contributed by atoms with E-state index in [9.17, 15) is 29.4 Å². The number of amides is 2. The highest BCUT2D eigenvalue weighted by molar-refractivity contribution is 5.90. The van der Waals surface area contributed by atoms with E-state index in [0.29, 0.717) is 31.6 Å². The maximum absolute atomic E-state index is 13.3. The summed E-state index contributed by atoms with van der Waals surface area (Å²) < 4.78 is 22.8. The van der Waals surface area contributed by atoms with E-state index in [4.69, 9.17) is 18.9 Å². The van der Waals surface area contributed by atoms with Crippen molar-refractivity contribution in [2.24, 2.45) is 5.92 Å². The first-order valence-electron chi connectivity index (χ1n) is 16.2. The number of carbonyl (C=O) groups is 4. The summed E-state index contributed by atoms with van der Waals surface area (Å²) >= 11 is 0. The Morgan fingerprint density at radius 1 is 1.11 bits per heavy atom. The van der Waals surface area contributed by atoms with E-state index in [2.05, 4.69) is 15.5 Å². The van der Waals surface area contributed by atoms with Crippen molar-refractivity contribution in [3.8, 4) is 11.5 Å². The van der Waals surface area contributed by atoms with Crippen molar-refractivity contribution < 1.29 is 48.3 Å². The molecule has 13 nitrogen and oxygen atoms in total. The van der Waals surface area contributed by atoms with Gasteiger partial charge in [-0.1, -0.05) is 19.9 Å². The molecule has 13 heteroatoms. The standard InChI is InChI=1S/C34H47N3O10/c1-17(2)15-21(36-31(42)47-32(5,6)7)28(39)35-18(3)29(40)44-19(4)30(41)45-23-11-12-34(43)24-16-20-9-10-22(38)26-25(20)33(34,27(23)46-26)13-14-37(24)8/h9-11,17-19,21,24,27,38,43H,12-16H2,1-8H3,(H,35,39)(H,36,42)/t18-,19-,21-,24-,27-,33-,34+/m0/s1. The minimum Gasteiger partial charge on any atom is -0.504 e. The summed E-state index contributed by atoms with van der Waals surface area (Å²) in [5.41, 5.74) is -1.18. The van der Waals surface area contributed by atoms with Crippen LogP contribution in [0.3, 0.4) is 0 Å². The lowest BCUT2D eigenvalue weighted by Gasteiger charge is -2.61. The molecule has 1 saturated heterocycles. The highest BCUT2D eigenvalue weighted by Crippen LogP contribution is 2.65. The average Bonchev–Trinajstić information content (AvgIpc) is 3.32. The number of aliphatic hydroxyl groups is 1. The molecule has 4 N–H and O–H groups in total. The van der Waals surface area contributed by atoms with Crippen LogP contribution in [0.25, 0.3) is 0 Å². The molecule has 258 valence electrons. The smallest absolute Gasteiger partial charge is 0.408 e. The molecule has 47 heavy (non-hydrogen) atoms. The van der Waals surface area contributed by atoms with E-state index >= 15 is 0 Å². The zero-order valence-corrected chi connectivity index (χ0v) is 28.3. The Balaban J connectivity index is 1.25. The van der Waals surface area contributed by atoms with Gasteiger partial charge in [0.1, 0.15) is 23.4 Å². The molecule has 4 aliphatic rings. The second-order valence-electron chi connectivity index (χ2n) is 14.7. The molecule has 2 bridgehead atoms. The summed E-state index contributed by atoms with van der Waals surface area (Å²) in [7, 11) is 1.98. The SMILES string of the molecule is CC(C)C[C@H](NC(=O)OC(C)(C)C)C(=O)N[C@@H](C)C(=O)O[C@@H](C)C(=O)OC1=CC[C@@]2(O)[C@@H]3Cc4ccc(O)c5c4[C@@]2(CCN3C)[C@H]1O5. The van der Waals surface area contributed by atoms with Crippen LogP contribution in [0.1, 0.15) is 78.9 Å². The molecule has 1 aromatic carbocycles. The first kappa shape index (κ1) is 34.5. The van der Waals surface area contributed by atoms with Crippen LogP contribution >= 0.6 is 0 Å². The zero-order valence-electron chi connectivity index (χ0n) is 28.3. The monoisotopic (exact) mass is 657 g/mol. The molecule has 0 saturated carbocycles. The number of likely N-dealkylation sites (tertiary alicyclic amines) is 1. The largest absolute Gasteiger partial charge is 0.504 e. The number of hydrogen-bond acceptors (Lipinski definition) is 11. The third-order valence-electron chi connectivity index (χ3n) is 9.62. The van der Waals surface area contributed by atoms with Crippen molar-refractivity contribution in [3.05, 3.63) is 35.1 Å². The number of benzene rings is 1. The number of phenolic OH excluding ortho intramolecular Hbond substituents is 1. The number of carbonyl (C=O) groups excluding carboxylic acids is 4. The lowest BCUT2D eigenvalue weighted by atomic mass is 9.50. The quantitative estimate of drug-likeness (QED) is 0.227. The first-order valence-corrected chi connectivity index (χ1v) is 16.2. The molecule has 1 aromatic rings. The maximum Gasteiger partial charge on any atom is 0.408 e. The van der Waals surface area contributed by atoms with E-state index in [1.807, 2.05) is 27.0 Å². The summed E-state index contributed by atoms with van der Waals surface area (Å²) in [5.74, 6) is -1.87. The molecule has 0 unspecified atom stereocenters. The number of nitrogens with one attached hydrogen (secondary N) is 2. The van der Waals surface area contributed by atoms with E-state index in [0.717, 1.165) is 11.1 Å². The number of piperidine rings is 1. The van der Waals surface area contributed by atoms with Crippen molar-refractivity contribution >= 4 is 23.9 Å². The number of esters is 2. The number of hydrogen-bond donors (Lipinski definition) is 4. The van der Waals surface area contributed by atoms with Gasteiger partial charge in [-0.3, -0.25) is 4.79 Å². The Morgan fingerprint density at radius 2 is 1.81 bits per heavy atom. The van der Waals surface area contributed by atoms with Gasteiger partial charge < -0.3 is 44.7 Å². The fraction of sp³-hybridized carbons (Fsp3) is 0.647. The van der Waals surface area contributed by atoms with E-state index in [1.54, 1.807) is 32.9 Å². The van der Waals surface area contributed by atoms with E-state index in [-0.39, 0.29) is 29.9 Å². The van der Waals surface area contributed by atoms with E-state index in [1.165, 1.54) is 13.8 Å². The Morgan fingerprint density at radius 3 is 2.47 bits per heavy atom. The normalized spacial score (nSPS) is 27.7. The molecule has 2 amide bonds. The highest BCUT2D eigenvalue weighted by atomic mass is 16.6. The van der Waals surface area contributed by atoms with Crippen LogP contribution in [-0.4, -0.2) is 94.2 Å². The van der Waals surface area contributed by atoms with Crippen LogP contribution in [0.5, 0.6) is 11.5 Å². The van der Waals surface area contributed by atoms with Gasteiger partial charge in [-0.15, -0.1) is 0 Å². The summed E-state index contributed by atoms with van der Waals surface area (Å²) in [5, 5.41) is 28.1. The number of alkyl carbamates (subject to hydrolysis) is 1. The Bertz CT molecular complexity index is 1480. The third kappa shape index (κ3) is 6.15. The van der Waals surface area contributed by atoms with Gasteiger partial charge in [0.25, 0.3) is 0 Å². The number of nitrogens with zero attached hydrogens (tertiary/aromatic N) is 1. The van der Waals surface area contributed by atoms with Gasteiger partial charge >= 0.3 is 18.0 Å². The Kier molecular flexibility index (Phi) is 9.04. The molecule has 7 atom stereocenters. The average molecular weight is 658 g/mol. The lowest BCUT2D eigenvalue weighted by Crippen LogP contribution is -2.74. The minimum atomic E-state index is -1.35. The van der Waals surface area contributed by atoms with Crippen LogP contribution in [-0.2, 0) is 40.4 Å². The second kappa shape index (κ2) is 12.3. The molecule has 2 aliphatic heterocycles. The number of ether oxygens (including phenoxy) is 4. The van der Waals surface area contributed by atoms with Gasteiger partial charge in [-0.05, 0) is 91.1 Å². The summed E-state index contributed by atoms with van der Waals surface area (Å²) in [6.45, 7) is 12.3. The molecule has 0 radical (unpaired) electrons. The first-order chi connectivity index (χ1) is 21.9. The highest BCUT2D eigenvalue weighted by Gasteiger charge is 2.72. The van der Waals surface area contributed by atoms with Crippen LogP contribution in [0.2, 0.25) is 0 Å². The summed E-state index contributed by atoms with van der Waals surface area (Å²) in [4.78, 5) is 53.8. The Hall–Kier alpha value is -3.84.